The Morgan fingerprint density at radius 1 is 1.26 bits per heavy atom. The van der Waals surface area contributed by atoms with Crippen LogP contribution in [0.5, 0.6) is 0 Å². The van der Waals surface area contributed by atoms with Crippen LogP contribution >= 0.6 is 11.3 Å². The van der Waals surface area contributed by atoms with Gasteiger partial charge in [-0.15, -0.1) is 11.3 Å². The molecular formula is C14H20F3N3O2S. The molecule has 0 radical (unpaired) electrons. The number of aryl methyl sites for hydroxylation is 1. The van der Waals surface area contributed by atoms with Crippen LogP contribution in [0.15, 0.2) is 12.1 Å². The molecule has 0 bridgehead atoms. The van der Waals surface area contributed by atoms with Crippen molar-refractivity contribution in [2.45, 2.75) is 19.5 Å². The van der Waals surface area contributed by atoms with Crippen LogP contribution in [0.1, 0.15) is 21.0 Å². The first-order valence-electron chi connectivity index (χ1n) is 7.04. The van der Waals surface area contributed by atoms with Crippen LogP contribution in [0, 0.1) is 6.92 Å². The molecule has 2 N–H and O–H groups in total. The van der Waals surface area contributed by atoms with E-state index in [0.29, 0.717) is 11.3 Å². The van der Waals surface area contributed by atoms with Crippen LogP contribution < -0.4 is 10.6 Å². The average molecular weight is 351 g/mol. The summed E-state index contributed by atoms with van der Waals surface area (Å²) in [6, 6.07) is 3.50. The Morgan fingerprint density at radius 2 is 1.96 bits per heavy atom. The summed E-state index contributed by atoms with van der Waals surface area (Å²) in [4.78, 5) is 25.9. The summed E-state index contributed by atoms with van der Waals surface area (Å²) in [5.74, 6) is -0.687. The molecule has 0 aliphatic rings. The normalized spacial score (nSPS) is 11.6. The molecule has 0 aromatic carbocycles. The fourth-order valence-corrected chi connectivity index (χ4v) is 2.61. The molecule has 0 atom stereocenters. The molecule has 0 unspecified atom stereocenters. The highest BCUT2D eigenvalue weighted by Gasteiger charge is 2.28. The summed E-state index contributed by atoms with van der Waals surface area (Å²) >= 11 is 1.34. The first-order chi connectivity index (χ1) is 10.7. The Bertz CT molecular complexity index is 532. The summed E-state index contributed by atoms with van der Waals surface area (Å²) < 4.78 is 36.3. The molecule has 1 aromatic rings. The van der Waals surface area contributed by atoms with E-state index in [-0.39, 0.29) is 31.4 Å². The predicted molar refractivity (Wildman–Crippen MR) is 82.6 cm³/mol. The Balaban J connectivity index is 2.14. The highest BCUT2D eigenvalue weighted by molar-refractivity contribution is 7.13. The number of thiophene rings is 1. The number of alkyl halides is 3. The summed E-state index contributed by atoms with van der Waals surface area (Å²) in [5, 5.41) is 5.05. The molecule has 0 spiro atoms. The van der Waals surface area contributed by atoms with Gasteiger partial charge >= 0.3 is 6.18 Å². The lowest BCUT2D eigenvalue weighted by atomic mass is 10.3. The van der Waals surface area contributed by atoms with E-state index in [4.69, 9.17) is 0 Å². The number of carbonyl (C=O) groups is 2. The monoisotopic (exact) mass is 351 g/mol. The molecule has 0 aliphatic heterocycles. The molecule has 2 amide bonds. The number of rotatable bonds is 8. The van der Waals surface area contributed by atoms with Gasteiger partial charge in [-0.1, -0.05) is 0 Å². The van der Waals surface area contributed by atoms with E-state index in [9.17, 15) is 22.8 Å². The molecule has 0 aliphatic carbocycles. The molecule has 130 valence electrons. The lowest BCUT2D eigenvalue weighted by Crippen LogP contribution is -2.38. The highest BCUT2D eigenvalue weighted by atomic mass is 32.1. The fourth-order valence-electron chi connectivity index (χ4n) is 1.83. The van der Waals surface area contributed by atoms with Crippen LogP contribution in [-0.2, 0) is 4.79 Å². The third-order valence-corrected chi connectivity index (χ3v) is 3.86. The third kappa shape index (κ3) is 8.56. The molecule has 1 rings (SSSR count). The van der Waals surface area contributed by atoms with Crippen molar-refractivity contribution < 1.29 is 22.8 Å². The van der Waals surface area contributed by atoms with Crippen molar-refractivity contribution in [2.75, 3.05) is 33.2 Å². The van der Waals surface area contributed by atoms with Crippen molar-refractivity contribution in [3.8, 4) is 0 Å². The van der Waals surface area contributed by atoms with E-state index >= 15 is 0 Å². The summed E-state index contributed by atoms with van der Waals surface area (Å²) in [6.07, 6.45) is -3.82. The van der Waals surface area contributed by atoms with Gasteiger partial charge in [0, 0.05) is 11.4 Å². The lowest BCUT2D eigenvalue weighted by Gasteiger charge is -2.18. The second kappa shape index (κ2) is 8.88. The predicted octanol–water partition coefficient (Wildman–Crippen LogP) is 1.79. The maximum atomic E-state index is 12.1. The van der Waals surface area contributed by atoms with Crippen molar-refractivity contribution in [3.63, 3.8) is 0 Å². The van der Waals surface area contributed by atoms with E-state index in [0.717, 1.165) is 9.78 Å². The van der Waals surface area contributed by atoms with Crippen LogP contribution in [-0.4, -0.2) is 56.1 Å². The fraction of sp³-hybridized carbons (Fsp3) is 0.571. The number of halogens is 3. The SMILES string of the molecule is Cc1ccc(C(=O)NCC(=O)NCCCN(C)CC(F)(F)F)s1. The minimum Gasteiger partial charge on any atom is -0.355 e. The topological polar surface area (TPSA) is 61.4 Å². The van der Waals surface area contributed by atoms with Crippen LogP contribution in [0.4, 0.5) is 13.2 Å². The van der Waals surface area contributed by atoms with Crippen molar-refractivity contribution >= 4 is 23.2 Å². The maximum absolute atomic E-state index is 12.1. The zero-order valence-electron chi connectivity index (χ0n) is 13.0. The van der Waals surface area contributed by atoms with Gasteiger partial charge in [0.15, 0.2) is 0 Å². The van der Waals surface area contributed by atoms with E-state index < -0.39 is 12.7 Å². The van der Waals surface area contributed by atoms with E-state index in [1.807, 2.05) is 13.0 Å². The smallest absolute Gasteiger partial charge is 0.355 e. The second-order valence-electron chi connectivity index (χ2n) is 5.15. The second-order valence-corrected chi connectivity index (χ2v) is 6.44. The Kier molecular flexibility index (Phi) is 7.50. The Labute approximate surface area is 136 Å². The number of hydrogen-bond acceptors (Lipinski definition) is 4. The zero-order chi connectivity index (χ0) is 17.5. The summed E-state index contributed by atoms with van der Waals surface area (Å²) in [7, 11) is 1.37. The molecule has 1 heterocycles. The number of amides is 2. The van der Waals surface area contributed by atoms with E-state index in [1.54, 1.807) is 6.07 Å². The van der Waals surface area contributed by atoms with E-state index in [2.05, 4.69) is 10.6 Å². The van der Waals surface area contributed by atoms with Crippen LogP contribution in [0.2, 0.25) is 0 Å². The van der Waals surface area contributed by atoms with Gasteiger partial charge in [-0.25, -0.2) is 0 Å². The van der Waals surface area contributed by atoms with Crippen LogP contribution in [0.3, 0.4) is 0 Å². The molecule has 5 nitrogen and oxygen atoms in total. The standard InChI is InChI=1S/C14H20F3N3O2S/c1-10-4-5-11(23-10)13(22)19-8-12(21)18-6-3-7-20(2)9-14(15,16)17/h4-5H,3,6-9H2,1-2H3,(H,18,21)(H,19,22). The Hall–Kier alpha value is -1.61. The van der Waals surface area contributed by atoms with Gasteiger partial charge < -0.3 is 10.6 Å². The van der Waals surface area contributed by atoms with E-state index in [1.165, 1.54) is 18.4 Å². The Morgan fingerprint density at radius 3 is 2.52 bits per heavy atom. The first kappa shape index (κ1) is 19.4. The molecule has 23 heavy (non-hydrogen) atoms. The molecule has 0 fully saturated rings. The maximum Gasteiger partial charge on any atom is 0.401 e. The van der Waals surface area contributed by atoms with Gasteiger partial charge in [0.1, 0.15) is 0 Å². The average Bonchev–Trinajstić information content (AvgIpc) is 2.85. The van der Waals surface area contributed by atoms with Gasteiger partial charge in [-0.3, -0.25) is 14.5 Å². The van der Waals surface area contributed by atoms with Gasteiger partial charge in [0.05, 0.1) is 18.0 Å². The summed E-state index contributed by atoms with van der Waals surface area (Å²) in [6.45, 7) is 1.23. The number of carbonyl (C=O) groups excluding carboxylic acids is 2. The highest BCUT2D eigenvalue weighted by Crippen LogP contribution is 2.15. The number of hydrogen-bond donors (Lipinski definition) is 2. The molecular weight excluding hydrogens is 331 g/mol. The zero-order valence-corrected chi connectivity index (χ0v) is 13.8. The lowest BCUT2D eigenvalue weighted by molar-refractivity contribution is -0.143. The van der Waals surface area contributed by atoms with Gasteiger partial charge in [-0.05, 0) is 39.1 Å². The minimum absolute atomic E-state index is 0.159. The molecule has 1 aromatic heterocycles. The number of nitrogens with one attached hydrogen (secondary N) is 2. The van der Waals surface area contributed by atoms with Crippen molar-refractivity contribution in [1.29, 1.82) is 0 Å². The van der Waals surface area contributed by atoms with Crippen molar-refractivity contribution in [1.82, 2.24) is 15.5 Å². The third-order valence-electron chi connectivity index (χ3n) is 2.86. The number of nitrogens with zero attached hydrogens (tertiary/aromatic N) is 1. The van der Waals surface area contributed by atoms with Crippen LogP contribution in [0.25, 0.3) is 0 Å². The summed E-state index contributed by atoms with van der Waals surface area (Å²) in [5.41, 5.74) is 0. The molecule has 9 heteroatoms. The quantitative estimate of drug-likeness (QED) is 0.702. The van der Waals surface area contributed by atoms with Crippen molar-refractivity contribution in [2.24, 2.45) is 0 Å². The molecule has 0 saturated heterocycles. The molecule has 0 saturated carbocycles. The van der Waals surface area contributed by atoms with Crippen molar-refractivity contribution in [3.05, 3.63) is 21.9 Å². The first-order valence-corrected chi connectivity index (χ1v) is 7.85. The van der Waals surface area contributed by atoms with Gasteiger partial charge in [-0.2, -0.15) is 13.2 Å². The van der Waals surface area contributed by atoms with Gasteiger partial charge in [0.2, 0.25) is 5.91 Å². The minimum atomic E-state index is -4.22. The van der Waals surface area contributed by atoms with Gasteiger partial charge in [0.25, 0.3) is 5.91 Å². The largest absolute Gasteiger partial charge is 0.401 e.